The van der Waals surface area contributed by atoms with Crippen LogP contribution in [0, 0.1) is 10.1 Å². The van der Waals surface area contributed by atoms with Gasteiger partial charge in [0.1, 0.15) is 22.8 Å². The maximum Gasteiger partial charge on any atom is 0.415 e. The Balaban J connectivity index is 1.89. The summed E-state index contributed by atoms with van der Waals surface area (Å²) in [6.45, 7) is 2.31. The van der Waals surface area contributed by atoms with Crippen molar-refractivity contribution in [2.45, 2.75) is 19.8 Å². The highest BCUT2D eigenvalue weighted by molar-refractivity contribution is 6.06. The summed E-state index contributed by atoms with van der Waals surface area (Å²) in [4.78, 5) is 41.1. The fourth-order valence-corrected chi connectivity index (χ4v) is 3.00. The number of esters is 1. The van der Waals surface area contributed by atoms with E-state index in [1.54, 1.807) is 31.3 Å². The summed E-state index contributed by atoms with van der Waals surface area (Å²) in [6, 6.07) is 11.5. The molecule has 0 saturated heterocycles. The van der Waals surface area contributed by atoms with E-state index in [9.17, 15) is 19.7 Å². The van der Waals surface area contributed by atoms with Crippen LogP contribution in [0.3, 0.4) is 0 Å². The van der Waals surface area contributed by atoms with Crippen LogP contribution >= 0.6 is 0 Å². The SMILES string of the molecule is CCCCOC(=O)N(C)c1ccc2c(C(=O)Oc3ccc([N+](=O)[O-])cc3)ccc(OC)c2n1. The molecule has 10 heteroatoms. The summed E-state index contributed by atoms with van der Waals surface area (Å²) in [6.07, 6.45) is 1.13. The van der Waals surface area contributed by atoms with Gasteiger partial charge in [-0.3, -0.25) is 15.0 Å². The first-order valence-electron chi connectivity index (χ1n) is 10.2. The molecule has 0 atom stereocenters. The second-order valence-electron chi connectivity index (χ2n) is 7.05. The second kappa shape index (κ2) is 10.4. The fourth-order valence-electron chi connectivity index (χ4n) is 3.00. The highest BCUT2D eigenvalue weighted by Gasteiger charge is 2.20. The topological polar surface area (TPSA) is 121 Å². The minimum atomic E-state index is -0.668. The summed E-state index contributed by atoms with van der Waals surface area (Å²) in [5.74, 6) is 0.224. The zero-order chi connectivity index (χ0) is 24.0. The van der Waals surface area contributed by atoms with Crippen LogP contribution in [0.1, 0.15) is 30.1 Å². The summed E-state index contributed by atoms with van der Waals surface area (Å²) in [5.41, 5.74) is 0.469. The van der Waals surface area contributed by atoms with Gasteiger partial charge in [-0.2, -0.15) is 0 Å². The number of fused-ring (bicyclic) bond motifs is 1. The van der Waals surface area contributed by atoms with Crippen molar-refractivity contribution in [2.75, 3.05) is 25.7 Å². The van der Waals surface area contributed by atoms with Gasteiger partial charge in [0.2, 0.25) is 0 Å². The molecule has 0 aliphatic heterocycles. The van der Waals surface area contributed by atoms with Crippen LogP contribution in [0.4, 0.5) is 16.3 Å². The first-order valence-corrected chi connectivity index (χ1v) is 10.2. The first-order chi connectivity index (χ1) is 15.8. The van der Waals surface area contributed by atoms with E-state index in [1.807, 2.05) is 6.92 Å². The lowest BCUT2D eigenvalue weighted by molar-refractivity contribution is -0.384. The molecule has 1 heterocycles. The van der Waals surface area contributed by atoms with Gasteiger partial charge < -0.3 is 14.2 Å². The van der Waals surface area contributed by atoms with Crippen molar-refractivity contribution in [3.8, 4) is 11.5 Å². The minimum absolute atomic E-state index is 0.112. The van der Waals surface area contributed by atoms with Crippen molar-refractivity contribution in [1.82, 2.24) is 4.98 Å². The van der Waals surface area contributed by atoms with E-state index < -0.39 is 17.0 Å². The number of non-ortho nitro benzene ring substituents is 1. The number of anilines is 1. The number of hydrogen-bond acceptors (Lipinski definition) is 8. The third-order valence-corrected chi connectivity index (χ3v) is 4.84. The van der Waals surface area contributed by atoms with Crippen LogP contribution in [-0.2, 0) is 4.74 Å². The van der Waals surface area contributed by atoms with Crippen LogP contribution in [-0.4, -0.2) is 42.7 Å². The molecule has 2 aromatic carbocycles. The molecule has 0 fully saturated rings. The van der Waals surface area contributed by atoms with E-state index in [-0.39, 0.29) is 17.0 Å². The maximum atomic E-state index is 12.8. The van der Waals surface area contributed by atoms with Crippen molar-refractivity contribution >= 4 is 34.5 Å². The predicted octanol–water partition coefficient (Wildman–Crippen LogP) is 4.74. The molecule has 0 unspecified atom stereocenters. The van der Waals surface area contributed by atoms with Crippen LogP contribution < -0.4 is 14.4 Å². The Bertz CT molecular complexity index is 1180. The van der Waals surface area contributed by atoms with Crippen LogP contribution in [0.15, 0.2) is 48.5 Å². The molecule has 0 spiro atoms. The Morgan fingerprint density at radius 2 is 1.82 bits per heavy atom. The van der Waals surface area contributed by atoms with E-state index in [1.165, 1.54) is 36.3 Å². The zero-order valence-electron chi connectivity index (χ0n) is 18.4. The van der Waals surface area contributed by atoms with Gasteiger partial charge in [0.25, 0.3) is 5.69 Å². The van der Waals surface area contributed by atoms with E-state index in [0.717, 1.165) is 12.8 Å². The second-order valence-corrected chi connectivity index (χ2v) is 7.05. The average Bonchev–Trinajstić information content (AvgIpc) is 2.82. The summed E-state index contributed by atoms with van der Waals surface area (Å²) >= 11 is 0. The summed E-state index contributed by atoms with van der Waals surface area (Å²) in [5, 5.41) is 11.2. The van der Waals surface area contributed by atoms with Crippen molar-refractivity contribution in [1.29, 1.82) is 0 Å². The van der Waals surface area contributed by atoms with E-state index in [2.05, 4.69) is 4.98 Å². The number of aromatic nitrogens is 1. The molecule has 0 bridgehead atoms. The number of amides is 1. The molecule has 3 rings (SSSR count). The first kappa shape index (κ1) is 23.5. The maximum absolute atomic E-state index is 12.8. The molecule has 0 radical (unpaired) electrons. The molecule has 1 aromatic heterocycles. The van der Waals surface area contributed by atoms with Gasteiger partial charge in [0.05, 0.1) is 24.2 Å². The van der Waals surface area contributed by atoms with Crippen LogP contribution in [0.25, 0.3) is 10.9 Å². The molecule has 0 aliphatic rings. The number of rotatable bonds is 8. The largest absolute Gasteiger partial charge is 0.494 e. The van der Waals surface area contributed by atoms with E-state index in [0.29, 0.717) is 29.1 Å². The van der Waals surface area contributed by atoms with Gasteiger partial charge in [0, 0.05) is 24.6 Å². The number of nitrogens with zero attached hydrogens (tertiary/aromatic N) is 3. The van der Waals surface area contributed by atoms with Crippen molar-refractivity contribution in [2.24, 2.45) is 0 Å². The highest BCUT2D eigenvalue weighted by atomic mass is 16.6. The quantitative estimate of drug-likeness (QED) is 0.158. The number of carbonyl (C=O) groups excluding carboxylic acids is 2. The lowest BCUT2D eigenvalue weighted by Gasteiger charge is -2.17. The van der Waals surface area contributed by atoms with Gasteiger partial charge >= 0.3 is 12.1 Å². The molecular formula is C23H23N3O7. The van der Waals surface area contributed by atoms with Crippen LogP contribution in [0.2, 0.25) is 0 Å². The molecular weight excluding hydrogens is 430 g/mol. The lowest BCUT2D eigenvalue weighted by atomic mass is 10.1. The molecule has 0 N–H and O–H groups in total. The number of hydrogen-bond donors (Lipinski definition) is 0. The molecule has 172 valence electrons. The number of carbonyl (C=O) groups is 2. The number of benzene rings is 2. The lowest BCUT2D eigenvalue weighted by Crippen LogP contribution is -2.28. The molecule has 3 aromatic rings. The van der Waals surface area contributed by atoms with Gasteiger partial charge in [-0.25, -0.2) is 14.6 Å². The fraction of sp³-hybridized carbons (Fsp3) is 0.261. The van der Waals surface area contributed by atoms with Gasteiger partial charge in [-0.1, -0.05) is 13.3 Å². The van der Waals surface area contributed by atoms with Crippen molar-refractivity contribution < 1.29 is 28.7 Å². The standard InChI is InChI=1S/C23H23N3O7/c1-4-5-14-32-23(28)25(2)20-13-11-17-18(10-12-19(31-3)21(17)24-20)22(27)33-16-8-6-15(7-9-16)26(29)30/h6-13H,4-5,14H2,1-3H3. The number of methoxy groups -OCH3 is 1. The predicted molar refractivity (Wildman–Crippen MR) is 121 cm³/mol. The Morgan fingerprint density at radius 1 is 1.09 bits per heavy atom. The molecule has 1 amide bonds. The van der Waals surface area contributed by atoms with Crippen LogP contribution in [0.5, 0.6) is 11.5 Å². The Kier molecular flexibility index (Phi) is 7.39. The Labute approximate surface area is 189 Å². The monoisotopic (exact) mass is 453 g/mol. The number of unbranched alkanes of at least 4 members (excludes halogenated alkanes) is 1. The highest BCUT2D eigenvalue weighted by Crippen LogP contribution is 2.30. The smallest absolute Gasteiger partial charge is 0.415 e. The number of nitro groups is 1. The van der Waals surface area contributed by atoms with Gasteiger partial charge in [-0.05, 0) is 42.8 Å². The summed E-state index contributed by atoms with van der Waals surface area (Å²) in [7, 11) is 3.02. The van der Waals surface area contributed by atoms with Gasteiger partial charge in [0.15, 0.2) is 0 Å². The Morgan fingerprint density at radius 3 is 2.45 bits per heavy atom. The van der Waals surface area contributed by atoms with Crippen molar-refractivity contribution in [3.05, 3.63) is 64.2 Å². The minimum Gasteiger partial charge on any atom is -0.494 e. The third-order valence-electron chi connectivity index (χ3n) is 4.84. The van der Waals surface area contributed by atoms with Gasteiger partial charge in [-0.15, -0.1) is 0 Å². The van der Waals surface area contributed by atoms with E-state index >= 15 is 0 Å². The average molecular weight is 453 g/mol. The Hall–Kier alpha value is -4.21. The number of nitro benzene ring substituents is 1. The van der Waals surface area contributed by atoms with E-state index in [4.69, 9.17) is 14.2 Å². The molecule has 10 nitrogen and oxygen atoms in total. The van der Waals surface area contributed by atoms with Crippen molar-refractivity contribution in [3.63, 3.8) is 0 Å². The normalized spacial score (nSPS) is 10.5. The molecule has 0 aliphatic carbocycles. The number of ether oxygens (including phenoxy) is 3. The number of pyridine rings is 1. The molecule has 33 heavy (non-hydrogen) atoms. The molecule has 0 saturated carbocycles. The summed E-state index contributed by atoms with van der Waals surface area (Å²) < 4.78 is 16.0. The zero-order valence-corrected chi connectivity index (χ0v) is 18.4. The third kappa shape index (κ3) is 5.35.